The number of aliphatic hydroxyl groups excluding tert-OH is 1. The SMILES string of the molecule is COC(=O)C[C@@H]1C[C@H](O)c2ccccc21. The summed E-state index contributed by atoms with van der Waals surface area (Å²) < 4.78 is 4.64. The molecule has 0 aliphatic heterocycles. The molecule has 0 spiro atoms. The quantitative estimate of drug-likeness (QED) is 0.750. The zero-order valence-electron chi connectivity index (χ0n) is 8.64. The monoisotopic (exact) mass is 206 g/mol. The van der Waals surface area contributed by atoms with Gasteiger partial charge in [0, 0.05) is 0 Å². The van der Waals surface area contributed by atoms with E-state index in [1.54, 1.807) is 0 Å². The van der Waals surface area contributed by atoms with Crippen LogP contribution in [0.15, 0.2) is 24.3 Å². The normalized spacial score (nSPS) is 23.6. The van der Waals surface area contributed by atoms with Crippen LogP contribution in [-0.2, 0) is 9.53 Å². The molecule has 3 nitrogen and oxygen atoms in total. The lowest BCUT2D eigenvalue weighted by Gasteiger charge is -2.08. The van der Waals surface area contributed by atoms with Gasteiger partial charge in [0.1, 0.15) is 0 Å². The van der Waals surface area contributed by atoms with Gasteiger partial charge in [0.15, 0.2) is 0 Å². The summed E-state index contributed by atoms with van der Waals surface area (Å²) >= 11 is 0. The molecule has 1 aliphatic carbocycles. The van der Waals surface area contributed by atoms with E-state index < -0.39 is 6.10 Å². The number of methoxy groups -OCH3 is 1. The lowest BCUT2D eigenvalue weighted by molar-refractivity contribution is -0.141. The number of ether oxygens (including phenoxy) is 1. The summed E-state index contributed by atoms with van der Waals surface area (Å²) in [6, 6.07) is 7.72. The number of aliphatic hydroxyl groups is 1. The number of esters is 1. The van der Waals surface area contributed by atoms with Gasteiger partial charge in [-0.15, -0.1) is 0 Å². The van der Waals surface area contributed by atoms with Crippen molar-refractivity contribution in [1.82, 2.24) is 0 Å². The van der Waals surface area contributed by atoms with Gasteiger partial charge in [0.05, 0.1) is 19.6 Å². The van der Waals surface area contributed by atoms with Crippen LogP contribution in [0.5, 0.6) is 0 Å². The number of hydrogen-bond acceptors (Lipinski definition) is 3. The Morgan fingerprint density at radius 2 is 2.13 bits per heavy atom. The fourth-order valence-corrected chi connectivity index (χ4v) is 2.19. The summed E-state index contributed by atoms with van der Waals surface area (Å²) in [6.45, 7) is 0. The topological polar surface area (TPSA) is 46.5 Å². The van der Waals surface area contributed by atoms with Crippen molar-refractivity contribution >= 4 is 5.97 Å². The third kappa shape index (κ3) is 1.88. The van der Waals surface area contributed by atoms with Gasteiger partial charge in [-0.1, -0.05) is 24.3 Å². The van der Waals surface area contributed by atoms with Crippen LogP contribution in [0.2, 0.25) is 0 Å². The van der Waals surface area contributed by atoms with Crippen molar-refractivity contribution in [2.24, 2.45) is 0 Å². The van der Waals surface area contributed by atoms with Crippen LogP contribution in [0.3, 0.4) is 0 Å². The predicted octanol–water partition coefficient (Wildman–Crippen LogP) is 1.77. The fraction of sp³-hybridized carbons (Fsp3) is 0.417. The molecule has 3 heteroatoms. The van der Waals surface area contributed by atoms with Crippen molar-refractivity contribution in [3.63, 3.8) is 0 Å². The molecule has 0 saturated carbocycles. The molecule has 0 radical (unpaired) electrons. The standard InChI is InChI=1S/C12H14O3/c1-15-12(14)7-8-6-11(13)10-5-3-2-4-9(8)10/h2-5,8,11,13H,6-7H2,1H3/t8-,11-/m0/s1. The molecule has 1 aromatic carbocycles. The molecule has 1 aliphatic rings. The van der Waals surface area contributed by atoms with Crippen LogP contribution >= 0.6 is 0 Å². The molecule has 1 N–H and O–H groups in total. The van der Waals surface area contributed by atoms with E-state index in [0.29, 0.717) is 12.8 Å². The number of hydrogen-bond donors (Lipinski definition) is 1. The molecule has 80 valence electrons. The van der Waals surface area contributed by atoms with Gasteiger partial charge in [-0.05, 0) is 23.5 Å². The maximum Gasteiger partial charge on any atom is 0.306 e. The highest BCUT2D eigenvalue weighted by atomic mass is 16.5. The van der Waals surface area contributed by atoms with E-state index in [1.807, 2.05) is 24.3 Å². The second-order valence-electron chi connectivity index (χ2n) is 3.86. The largest absolute Gasteiger partial charge is 0.469 e. The molecule has 0 amide bonds. The van der Waals surface area contributed by atoms with Gasteiger partial charge in [-0.2, -0.15) is 0 Å². The number of fused-ring (bicyclic) bond motifs is 1. The Bertz CT molecular complexity index is 373. The molecule has 2 rings (SSSR count). The Kier molecular flexibility index (Phi) is 2.73. The summed E-state index contributed by atoms with van der Waals surface area (Å²) in [7, 11) is 1.39. The highest BCUT2D eigenvalue weighted by Gasteiger charge is 2.30. The van der Waals surface area contributed by atoms with Gasteiger partial charge in [0.25, 0.3) is 0 Å². The zero-order chi connectivity index (χ0) is 10.8. The van der Waals surface area contributed by atoms with Crippen LogP contribution < -0.4 is 0 Å². The van der Waals surface area contributed by atoms with E-state index in [0.717, 1.165) is 11.1 Å². The molecule has 2 atom stereocenters. The molecule has 0 saturated heterocycles. The summed E-state index contributed by atoms with van der Waals surface area (Å²) in [6.07, 6.45) is 0.537. The molecule has 0 heterocycles. The Hall–Kier alpha value is -1.35. The Labute approximate surface area is 88.7 Å². The minimum Gasteiger partial charge on any atom is -0.469 e. The van der Waals surface area contributed by atoms with Crippen molar-refractivity contribution in [3.05, 3.63) is 35.4 Å². The number of carbonyl (C=O) groups excluding carboxylic acids is 1. The Morgan fingerprint density at radius 1 is 1.47 bits per heavy atom. The van der Waals surface area contributed by atoms with E-state index in [2.05, 4.69) is 4.74 Å². The lowest BCUT2D eigenvalue weighted by atomic mass is 9.98. The third-order valence-electron chi connectivity index (χ3n) is 2.94. The maximum atomic E-state index is 11.2. The average Bonchev–Trinajstić information content (AvgIpc) is 2.57. The first-order valence-corrected chi connectivity index (χ1v) is 5.06. The van der Waals surface area contributed by atoms with Crippen molar-refractivity contribution in [3.8, 4) is 0 Å². The Morgan fingerprint density at radius 3 is 2.80 bits per heavy atom. The van der Waals surface area contributed by atoms with Crippen LogP contribution in [0.25, 0.3) is 0 Å². The number of benzene rings is 1. The minimum absolute atomic E-state index is 0.101. The summed E-state index contributed by atoms with van der Waals surface area (Å²) in [4.78, 5) is 11.2. The highest BCUT2D eigenvalue weighted by Crippen LogP contribution is 2.41. The van der Waals surface area contributed by atoms with Gasteiger partial charge in [-0.25, -0.2) is 0 Å². The third-order valence-corrected chi connectivity index (χ3v) is 2.94. The molecule has 0 fully saturated rings. The molecule has 0 aromatic heterocycles. The fourth-order valence-electron chi connectivity index (χ4n) is 2.19. The maximum absolute atomic E-state index is 11.2. The second-order valence-corrected chi connectivity index (χ2v) is 3.86. The van der Waals surface area contributed by atoms with Crippen LogP contribution in [0.1, 0.15) is 36.0 Å². The minimum atomic E-state index is -0.434. The van der Waals surface area contributed by atoms with E-state index in [-0.39, 0.29) is 11.9 Å². The smallest absolute Gasteiger partial charge is 0.306 e. The van der Waals surface area contributed by atoms with Gasteiger partial charge >= 0.3 is 5.97 Å². The highest BCUT2D eigenvalue weighted by molar-refractivity contribution is 5.70. The molecule has 1 aromatic rings. The first-order valence-electron chi connectivity index (χ1n) is 5.06. The second kappa shape index (κ2) is 4.03. The molecular formula is C12H14O3. The van der Waals surface area contributed by atoms with E-state index in [9.17, 15) is 9.90 Å². The first kappa shape index (κ1) is 10.2. The summed E-state index contributed by atoms with van der Waals surface area (Å²) in [5.41, 5.74) is 2.03. The lowest BCUT2D eigenvalue weighted by Crippen LogP contribution is -2.06. The summed E-state index contributed by atoms with van der Waals surface area (Å²) in [5.74, 6) is -0.118. The van der Waals surface area contributed by atoms with Crippen molar-refractivity contribution in [2.45, 2.75) is 24.9 Å². The van der Waals surface area contributed by atoms with Crippen molar-refractivity contribution in [2.75, 3.05) is 7.11 Å². The first-order chi connectivity index (χ1) is 7.22. The molecular weight excluding hydrogens is 192 g/mol. The van der Waals surface area contributed by atoms with E-state index in [1.165, 1.54) is 7.11 Å². The van der Waals surface area contributed by atoms with Gasteiger partial charge in [-0.3, -0.25) is 4.79 Å². The molecule has 0 unspecified atom stereocenters. The van der Waals surface area contributed by atoms with Crippen LogP contribution in [-0.4, -0.2) is 18.2 Å². The molecule has 15 heavy (non-hydrogen) atoms. The van der Waals surface area contributed by atoms with E-state index >= 15 is 0 Å². The number of rotatable bonds is 2. The van der Waals surface area contributed by atoms with Crippen LogP contribution in [0, 0.1) is 0 Å². The van der Waals surface area contributed by atoms with Crippen molar-refractivity contribution < 1.29 is 14.6 Å². The summed E-state index contributed by atoms with van der Waals surface area (Å²) in [5, 5.41) is 9.79. The zero-order valence-corrected chi connectivity index (χ0v) is 8.64. The number of carbonyl (C=O) groups is 1. The average molecular weight is 206 g/mol. The Balaban J connectivity index is 2.21. The molecule has 0 bridgehead atoms. The van der Waals surface area contributed by atoms with Crippen LogP contribution in [0.4, 0.5) is 0 Å². The predicted molar refractivity (Wildman–Crippen MR) is 55.4 cm³/mol. The van der Waals surface area contributed by atoms with E-state index in [4.69, 9.17) is 0 Å². The van der Waals surface area contributed by atoms with Crippen molar-refractivity contribution in [1.29, 1.82) is 0 Å². The van der Waals surface area contributed by atoms with Gasteiger partial charge in [0.2, 0.25) is 0 Å². The van der Waals surface area contributed by atoms with Gasteiger partial charge < -0.3 is 9.84 Å².